The summed E-state index contributed by atoms with van der Waals surface area (Å²) >= 11 is 0. The van der Waals surface area contributed by atoms with Crippen molar-refractivity contribution in [3.63, 3.8) is 0 Å². The molecule has 7 nitrogen and oxygen atoms in total. The van der Waals surface area contributed by atoms with Gasteiger partial charge in [-0.2, -0.15) is 0 Å². The number of para-hydroxylation sites is 1. The lowest BCUT2D eigenvalue weighted by Crippen LogP contribution is -2.49. The van der Waals surface area contributed by atoms with Gasteiger partial charge in [0.15, 0.2) is 0 Å². The van der Waals surface area contributed by atoms with Crippen LogP contribution in [0.4, 0.5) is 0 Å². The second-order valence-corrected chi connectivity index (χ2v) is 10.8. The molecule has 1 amide bonds. The third-order valence-electron chi connectivity index (χ3n) is 7.68. The van der Waals surface area contributed by atoms with E-state index in [0.29, 0.717) is 32.0 Å². The van der Waals surface area contributed by atoms with E-state index >= 15 is 0 Å². The van der Waals surface area contributed by atoms with Crippen LogP contribution in [0, 0.1) is 0 Å². The first kappa shape index (κ1) is 25.6. The molecule has 0 saturated carbocycles. The Kier molecular flexibility index (Phi) is 6.92. The Balaban J connectivity index is 1.38. The highest BCUT2D eigenvalue weighted by molar-refractivity contribution is 6.62. The van der Waals surface area contributed by atoms with E-state index in [2.05, 4.69) is 0 Å². The second-order valence-electron chi connectivity index (χ2n) is 10.8. The van der Waals surface area contributed by atoms with Crippen LogP contribution in [0.1, 0.15) is 49.3 Å². The van der Waals surface area contributed by atoms with Gasteiger partial charge >= 0.3 is 7.12 Å². The maximum Gasteiger partial charge on any atom is 0.496 e. The number of ether oxygens (including phenoxy) is 2. The van der Waals surface area contributed by atoms with Gasteiger partial charge in [0.2, 0.25) is 0 Å². The average molecular weight is 502 g/mol. The number of methoxy groups -OCH3 is 1. The monoisotopic (exact) mass is 502 g/mol. The Hall–Kier alpha value is -3.07. The van der Waals surface area contributed by atoms with Crippen molar-refractivity contribution in [2.24, 2.45) is 0 Å². The first-order valence-corrected chi connectivity index (χ1v) is 12.8. The SMILES string of the molecule is COC[C@H]1Cn2cc(B3OC(C)(C)C(C)(C)O3)cc2C(=O)N1Cc1ccccc1OCc1ccccc1. The molecular weight excluding hydrogens is 467 g/mol. The Morgan fingerprint density at radius 2 is 1.68 bits per heavy atom. The zero-order valence-electron chi connectivity index (χ0n) is 22.3. The molecule has 1 saturated heterocycles. The topological polar surface area (TPSA) is 62.2 Å². The van der Waals surface area contributed by atoms with E-state index < -0.39 is 18.3 Å². The van der Waals surface area contributed by atoms with E-state index in [1.807, 2.05) is 104 Å². The minimum Gasteiger partial charge on any atom is -0.489 e. The van der Waals surface area contributed by atoms with Crippen LogP contribution in [0.15, 0.2) is 66.9 Å². The van der Waals surface area contributed by atoms with Gasteiger partial charge in [-0.05, 0) is 45.4 Å². The van der Waals surface area contributed by atoms with Crippen molar-refractivity contribution >= 4 is 18.5 Å². The lowest BCUT2D eigenvalue weighted by atomic mass is 9.81. The Labute approximate surface area is 219 Å². The van der Waals surface area contributed by atoms with E-state index in [9.17, 15) is 4.79 Å². The molecule has 3 heterocycles. The number of fused-ring (bicyclic) bond motifs is 1. The zero-order chi connectivity index (χ0) is 26.2. The normalized spacial score (nSPS) is 20.2. The third kappa shape index (κ3) is 5.06. The quantitative estimate of drug-likeness (QED) is 0.436. The molecule has 0 N–H and O–H groups in total. The molecule has 5 rings (SSSR count). The van der Waals surface area contributed by atoms with E-state index in [1.54, 1.807) is 7.11 Å². The minimum atomic E-state index is -0.516. The van der Waals surface area contributed by atoms with E-state index in [-0.39, 0.29) is 11.9 Å². The van der Waals surface area contributed by atoms with E-state index in [4.69, 9.17) is 18.8 Å². The summed E-state index contributed by atoms with van der Waals surface area (Å²) in [5.41, 5.74) is 2.64. The standard InChI is InChI=1S/C29H35BN2O5/c1-28(2)29(3,4)37-30(36-28)23-15-25-27(33)32(24(20-34-5)18-31(25)17-23)16-22-13-9-10-14-26(22)35-19-21-11-7-6-8-12-21/h6-15,17,24H,16,18-20H2,1-5H3/t24-/m1/s1. The number of rotatable bonds is 8. The molecule has 0 bridgehead atoms. The lowest BCUT2D eigenvalue weighted by molar-refractivity contribution is 0.00578. The molecule has 37 heavy (non-hydrogen) atoms. The van der Waals surface area contributed by atoms with Crippen LogP contribution in [0.25, 0.3) is 0 Å². The summed E-state index contributed by atoms with van der Waals surface area (Å²) in [7, 11) is 1.15. The van der Waals surface area contributed by atoms with Gasteiger partial charge in [0, 0.05) is 30.9 Å². The first-order valence-electron chi connectivity index (χ1n) is 12.8. The molecule has 0 spiro atoms. The minimum absolute atomic E-state index is 0.0473. The molecule has 1 aromatic heterocycles. The summed E-state index contributed by atoms with van der Waals surface area (Å²) in [6.45, 7) is 10.1. The molecular formula is C29H35BN2O5. The largest absolute Gasteiger partial charge is 0.496 e. The molecule has 8 heteroatoms. The average Bonchev–Trinajstić information content (AvgIpc) is 3.39. The summed E-state index contributed by atoms with van der Waals surface area (Å²) < 4.78 is 26.2. The van der Waals surface area contributed by atoms with Crippen molar-refractivity contribution in [3.8, 4) is 5.75 Å². The molecule has 194 valence electrons. The van der Waals surface area contributed by atoms with Crippen molar-refractivity contribution in [2.75, 3.05) is 13.7 Å². The number of amides is 1. The van der Waals surface area contributed by atoms with Gasteiger partial charge in [0.05, 0.1) is 30.4 Å². The van der Waals surface area contributed by atoms with Crippen LogP contribution in [0.5, 0.6) is 5.75 Å². The molecule has 2 aliphatic rings. The van der Waals surface area contributed by atoms with Crippen LogP contribution in [-0.4, -0.2) is 53.5 Å². The zero-order valence-corrected chi connectivity index (χ0v) is 22.3. The maximum absolute atomic E-state index is 13.8. The Morgan fingerprint density at radius 1 is 1.00 bits per heavy atom. The summed E-state index contributed by atoms with van der Waals surface area (Å²) in [5.74, 6) is 0.725. The summed E-state index contributed by atoms with van der Waals surface area (Å²) in [4.78, 5) is 15.7. The summed E-state index contributed by atoms with van der Waals surface area (Å²) in [6.07, 6.45) is 1.98. The molecule has 2 aliphatic heterocycles. The van der Waals surface area contributed by atoms with Gasteiger partial charge in [0.25, 0.3) is 5.91 Å². The number of nitrogens with zero attached hydrogens (tertiary/aromatic N) is 2. The van der Waals surface area contributed by atoms with Gasteiger partial charge in [-0.15, -0.1) is 0 Å². The predicted molar refractivity (Wildman–Crippen MR) is 143 cm³/mol. The van der Waals surface area contributed by atoms with Gasteiger partial charge < -0.3 is 28.2 Å². The molecule has 2 aromatic carbocycles. The fourth-order valence-electron chi connectivity index (χ4n) is 4.84. The van der Waals surface area contributed by atoms with Crippen LogP contribution in [0.3, 0.4) is 0 Å². The fourth-order valence-corrected chi connectivity index (χ4v) is 4.84. The lowest BCUT2D eigenvalue weighted by Gasteiger charge is -2.36. The van der Waals surface area contributed by atoms with Crippen molar-refractivity contribution in [3.05, 3.63) is 83.7 Å². The summed E-state index contributed by atoms with van der Waals surface area (Å²) in [5, 5.41) is 0. The first-order chi connectivity index (χ1) is 17.7. The number of carbonyl (C=O) groups excluding carboxylic acids is 1. The summed E-state index contributed by atoms with van der Waals surface area (Å²) in [6, 6.07) is 19.7. The van der Waals surface area contributed by atoms with Crippen LogP contribution < -0.4 is 10.2 Å². The van der Waals surface area contributed by atoms with Crippen molar-refractivity contribution in [2.45, 2.75) is 64.6 Å². The van der Waals surface area contributed by atoms with Gasteiger partial charge in [0.1, 0.15) is 18.1 Å². The van der Waals surface area contributed by atoms with Gasteiger partial charge in [-0.25, -0.2) is 0 Å². The van der Waals surface area contributed by atoms with Crippen molar-refractivity contribution < 1.29 is 23.6 Å². The smallest absolute Gasteiger partial charge is 0.489 e. The van der Waals surface area contributed by atoms with Crippen LogP contribution >= 0.6 is 0 Å². The molecule has 0 aliphatic carbocycles. The highest BCUT2D eigenvalue weighted by Gasteiger charge is 2.52. The fraction of sp³-hybridized carbons (Fsp3) is 0.414. The highest BCUT2D eigenvalue weighted by atomic mass is 16.7. The molecule has 3 aromatic rings. The van der Waals surface area contributed by atoms with E-state index in [1.165, 1.54) is 0 Å². The molecule has 1 atom stereocenters. The van der Waals surface area contributed by atoms with Gasteiger partial charge in [-0.3, -0.25) is 4.79 Å². The van der Waals surface area contributed by atoms with E-state index in [0.717, 1.165) is 22.3 Å². The number of hydrogen-bond acceptors (Lipinski definition) is 5. The second kappa shape index (κ2) is 10.0. The molecule has 0 radical (unpaired) electrons. The molecule has 0 unspecified atom stereocenters. The van der Waals surface area contributed by atoms with Crippen molar-refractivity contribution in [1.29, 1.82) is 0 Å². The maximum atomic E-state index is 13.8. The van der Waals surface area contributed by atoms with Crippen molar-refractivity contribution in [1.82, 2.24) is 9.47 Å². The van der Waals surface area contributed by atoms with Crippen LogP contribution in [0.2, 0.25) is 0 Å². The molecule has 1 fully saturated rings. The number of benzene rings is 2. The predicted octanol–water partition coefficient (Wildman–Crippen LogP) is 4.04. The van der Waals surface area contributed by atoms with Gasteiger partial charge in [-0.1, -0.05) is 48.5 Å². The number of carbonyl (C=O) groups is 1. The Morgan fingerprint density at radius 3 is 2.38 bits per heavy atom. The Bertz CT molecular complexity index is 1240. The number of aromatic nitrogens is 1. The number of hydrogen-bond donors (Lipinski definition) is 0. The third-order valence-corrected chi connectivity index (χ3v) is 7.68. The highest BCUT2D eigenvalue weighted by Crippen LogP contribution is 2.37. The van der Waals surface area contributed by atoms with Crippen LogP contribution in [-0.2, 0) is 33.7 Å².